The molecule has 2 amide bonds. The van der Waals surface area contributed by atoms with Crippen molar-refractivity contribution >= 4 is 27.8 Å². The average Bonchev–Trinajstić information content (AvgIpc) is 3.15. The second-order valence-corrected chi connectivity index (χ2v) is 10.3. The number of hydrogen-bond acceptors (Lipinski definition) is 8. The second-order valence-electron chi connectivity index (χ2n) is 8.68. The molecule has 0 unspecified atom stereocenters. The van der Waals surface area contributed by atoms with Crippen molar-refractivity contribution in [2.24, 2.45) is 0 Å². The lowest BCUT2D eigenvalue weighted by molar-refractivity contribution is -0.120. The molecule has 1 aliphatic rings. The van der Waals surface area contributed by atoms with Crippen LogP contribution in [0.1, 0.15) is 27.2 Å². The average molecular weight is 477 g/mol. The highest BCUT2D eigenvalue weighted by molar-refractivity contribution is 7.86. The summed E-state index contributed by atoms with van der Waals surface area (Å²) in [5.74, 6) is 0.611. The van der Waals surface area contributed by atoms with E-state index in [1.54, 1.807) is 45.0 Å². The molecule has 2 aromatic rings. The number of nitrogens with zero attached hydrogens (tertiary/aromatic N) is 1. The van der Waals surface area contributed by atoms with E-state index in [1.165, 1.54) is 0 Å². The van der Waals surface area contributed by atoms with Gasteiger partial charge in [-0.25, -0.2) is 9.69 Å². The summed E-state index contributed by atoms with van der Waals surface area (Å²) in [4.78, 5) is 27.2. The van der Waals surface area contributed by atoms with Crippen molar-refractivity contribution in [1.29, 1.82) is 0 Å². The molecule has 1 N–H and O–H groups in total. The second kappa shape index (κ2) is 9.90. The van der Waals surface area contributed by atoms with Crippen molar-refractivity contribution in [3.63, 3.8) is 0 Å². The van der Waals surface area contributed by atoms with Crippen LogP contribution >= 0.6 is 0 Å². The van der Waals surface area contributed by atoms with E-state index in [2.05, 4.69) is 5.32 Å². The molecule has 3 rings (SSSR count). The molecule has 2 atom stereocenters. The zero-order valence-corrected chi connectivity index (χ0v) is 19.8. The Morgan fingerprint density at radius 1 is 1.00 bits per heavy atom. The van der Waals surface area contributed by atoms with Gasteiger partial charge in [0.2, 0.25) is 0 Å². The number of amides is 2. The minimum atomic E-state index is -3.67. The lowest BCUT2D eigenvalue weighted by Gasteiger charge is -2.28. The normalized spacial score (nSPS) is 18.5. The van der Waals surface area contributed by atoms with E-state index >= 15 is 0 Å². The Hall–Kier alpha value is -2.95. The molecule has 1 saturated heterocycles. The van der Waals surface area contributed by atoms with Crippen molar-refractivity contribution in [2.45, 2.75) is 44.9 Å². The number of carbonyl (C=O) groups excluding carboxylic acids is 2. The van der Waals surface area contributed by atoms with Crippen LogP contribution in [0.25, 0.3) is 0 Å². The Bertz CT molecular complexity index is 1080. The maximum Gasteiger partial charge on any atom is 0.421 e. The van der Waals surface area contributed by atoms with Crippen molar-refractivity contribution in [3.8, 4) is 11.5 Å². The van der Waals surface area contributed by atoms with Gasteiger partial charge >= 0.3 is 6.09 Å². The Morgan fingerprint density at radius 3 is 2.18 bits per heavy atom. The first-order valence-electron chi connectivity index (χ1n) is 10.4. The summed E-state index contributed by atoms with van der Waals surface area (Å²) >= 11 is 0. The fourth-order valence-corrected chi connectivity index (χ4v) is 3.93. The van der Waals surface area contributed by atoms with E-state index < -0.39 is 39.9 Å². The summed E-state index contributed by atoms with van der Waals surface area (Å²) in [5, 5.41) is 2.93. The number of imide groups is 1. The van der Waals surface area contributed by atoms with Crippen LogP contribution in [-0.4, -0.2) is 51.0 Å². The number of para-hydroxylation sites is 1. The molecule has 9 nitrogen and oxygen atoms in total. The zero-order valence-electron chi connectivity index (χ0n) is 19.0. The molecule has 10 heteroatoms. The predicted molar refractivity (Wildman–Crippen MR) is 123 cm³/mol. The topological polar surface area (TPSA) is 111 Å². The molecular formula is C23H28N2O7S. The Morgan fingerprint density at radius 2 is 1.61 bits per heavy atom. The van der Waals surface area contributed by atoms with E-state index in [9.17, 15) is 18.0 Å². The van der Waals surface area contributed by atoms with Gasteiger partial charge in [0.05, 0.1) is 24.1 Å². The predicted octanol–water partition coefficient (Wildman–Crippen LogP) is 3.45. The van der Waals surface area contributed by atoms with Gasteiger partial charge in [-0.15, -0.1) is 0 Å². The smallest absolute Gasteiger partial charge is 0.421 e. The summed E-state index contributed by atoms with van der Waals surface area (Å²) in [7, 11) is -3.67. The van der Waals surface area contributed by atoms with Gasteiger partial charge in [-0.3, -0.25) is 8.98 Å². The molecule has 0 radical (unpaired) electrons. The fraction of sp³-hybridized carbons (Fsp3) is 0.391. The van der Waals surface area contributed by atoms with E-state index in [4.69, 9.17) is 13.7 Å². The summed E-state index contributed by atoms with van der Waals surface area (Å²) in [6, 6.07) is 14.8. The number of hydrogen-bond donors (Lipinski definition) is 1. The Kier molecular flexibility index (Phi) is 7.41. The Labute approximate surface area is 193 Å². The summed E-state index contributed by atoms with van der Waals surface area (Å²) in [6.45, 7) is 5.27. The van der Waals surface area contributed by atoms with Gasteiger partial charge in [0.15, 0.2) is 0 Å². The van der Waals surface area contributed by atoms with Gasteiger partial charge in [0.25, 0.3) is 16.0 Å². The van der Waals surface area contributed by atoms with Gasteiger partial charge in [0.1, 0.15) is 17.1 Å². The van der Waals surface area contributed by atoms with Gasteiger partial charge < -0.3 is 14.8 Å². The summed E-state index contributed by atoms with van der Waals surface area (Å²) < 4.78 is 39.0. The first-order valence-corrected chi connectivity index (χ1v) is 12.2. The van der Waals surface area contributed by atoms with Gasteiger partial charge in [-0.05, 0) is 57.2 Å². The largest absolute Gasteiger partial charge is 0.457 e. The SMILES string of the molecule is CC(C)(C)OC(=O)N(C(=O)[C@@H]1C[C@H](OS(C)(=O)=O)CN1)c1ccc(Oc2ccccc2)cc1. The first kappa shape index (κ1) is 24.7. The molecule has 1 heterocycles. The van der Waals surface area contributed by atoms with Crippen LogP contribution in [0.5, 0.6) is 11.5 Å². The molecule has 33 heavy (non-hydrogen) atoms. The van der Waals surface area contributed by atoms with Crippen LogP contribution in [-0.2, 0) is 23.8 Å². The lowest BCUT2D eigenvalue weighted by Crippen LogP contribution is -2.48. The molecule has 1 aliphatic heterocycles. The molecule has 2 aromatic carbocycles. The van der Waals surface area contributed by atoms with Gasteiger partial charge in [-0.1, -0.05) is 18.2 Å². The third-order valence-electron chi connectivity index (χ3n) is 4.57. The van der Waals surface area contributed by atoms with Crippen molar-refractivity contribution in [1.82, 2.24) is 5.32 Å². The van der Waals surface area contributed by atoms with E-state index in [1.807, 2.05) is 30.3 Å². The third-order valence-corrected chi connectivity index (χ3v) is 5.19. The molecule has 0 aromatic heterocycles. The first-order chi connectivity index (χ1) is 15.4. The van der Waals surface area contributed by atoms with Crippen LogP contribution in [0.4, 0.5) is 10.5 Å². The molecule has 1 fully saturated rings. The van der Waals surface area contributed by atoms with Crippen LogP contribution in [0.2, 0.25) is 0 Å². The molecule has 0 spiro atoms. The Balaban J connectivity index is 1.81. The maximum atomic E-state index is 13.3. The molecule has 178 valence electrons. The fourth-order valence-electron chi connectivity index (χ4n) is 3.29. The highest BCUT2D eigenvalue weighted by Crippen LogP contribution is 2.27. The summed E-state index contributed by atoms with van der Waals surface area (Å²) in [6.07, 6.45) is -0.483. The van der Waals surface area contributed by atoms with Crippen LogP contribution in [0, 0.1) is 0 Å². The van der Waals surface area contributed by atoms with Crippen LogP contribution < -0.4 is 15.0 Å². The molecule has 0 bridgehead atoms. The molecular weight excluding hydrogens is 448 g/mol. The number of nitrogens with one attached hydrogen (secondary N) is 1. The molecule has 0 saturated carbocycles. The standard InChI is InChI=1S/C23H28N2O7S/c1-23(2,3)31-22(27)25(21(26)20-14-19(15-24-20)32-33(4,28)29)16-10-12-18(13-11-16)30-17-8-6-5-7-9-17/h5-13,19-20,24H,14-15H2,1-4H3/t19-,20-/m0/s1. The number of rotatable bonds is 6. The van der Waals surface area contributed by atoms with Crippen LogP contribution in [0.3, 0.4) is 0 Å². The third kappa shape index (κ3) is 7.28. The van der Waals surface area contributed by atoms with E-state index in [-0.39, 0.29) is 13.0 Å². The van der Waals surface area contributed by atoms with Gasteiger partial charge in [-0.2, -0.15) is 8.42 Å². The van der Waals surface area contributed by atoms with Crippen molar-refractivity contribution in [3.05, 3.63) is 54.6 Å². The highest BCUT2D eigenvalue weighted by atomic mass is 32.2. The van der Waals surface area contributed by atoms with E-state index in [0.29, 0.717) is 17.2 Å². The number of carbonyl (C=O) groups is 2. The minimum absolute atomic E-state index is 0.0976. The molecule has 0 aliphatic carbocycles. The monoisotopic (exact) mass is 476 g/mol. The quantitative estimate of drug-likeness (QED) is 0.631. The number of ether oxygens (including phenoxy) is 2. The number of benzene rings is 2. The highest BCUT2D eigenvalue weighted by Gasteiger charge is 2.38. The van der Waals surface area contributed by atoms with Crippen LogP contribution in [0.15, 0.2) is 54.6 Å². The van der Waals surface area contributed by atoms with E-state index in [0.717, 1.165) is 11.2 Å². The summed E-state index contributed by atoms with van der Waals surface area (Å²) in [5.41, 5.74) is -0.527. The van der Waals surface area contributed by atoms with Gasteiger partial charge in [0, 0.05) is 13.0 Å². The van der Waals surface area contributed by atoms with Crippen molar-refractivity contribution in [2.75, 3.05) is 17.7 Å². The maximum absolute atomic E-state index is 13.3. The van der Waals surface area contributed by atoms with Crippen molar-refractivity contribution < 1.29 is 31.7 Å². The number of anilines is 1. The minimum Gasteiger partial charge on any atom is -0.457 e. The lowest BCUT2D eigenvalue weighted by atomic mass is 10.1. The zero-order chi connectivity index (χ0) is 24.2.